The maximum atomic E-state index is 11.4. The van der Waals surface area contributed by atoms with Crippen LogP contribution in [0.15, 0.2) is 9.40 Å². The summed E-state index contributed by atoms with van der Waals surface area (Å²) in [6.07, 6.45) is 0. The quantitative estimate of drug-likeness (QED) is 0.768. The molecule has 2 heterocycles. The van der Waals surface area contributed by atoms with Crippen LogP contribution in [-0.4, -0.2) is 19.7 Å². The lowest BCUT2D eigenvalue weighted by atomic mass is 10.4. The number of rotatable bonds is 1. The van der Waals surface area contributed by atoms with Crippen molar-refractivity contribution in [2.45, 2.75) is 19.9 Å². The van der Waals surface area contributed by atoms with Gasteiger partial charge in [-0.15, -0.1) is 0 Å². The molecule has 0 bridgehead atoms. The molecule has 0 aliphatic heterocycles. The van der Waals surface area contributed by atoms with Gasteiger partial charge in [-0.05, 0) is 52.4 Å². The van der Waals surface area contributed by atoms with Crippen molar-refractivity contribution in [3.63, 3.8) is 0 Å². The smallest absolute Gasteiger partial charge is 0.282 e. The SMILES string of the molecule is CC(C)n1nc(I)c2nc(Br)c(=O)[nH]c21. The second-order valence-corrected chi connectivity index (χ2v) is 5.16. The van der Waals surface area contributed by atoms with Crippen LogP contribution >= 0.6 is 38.5 Å². The standard InChI is InChI=1S/C8H8BrIN4O/c1-3(2)14-7-4(6(10)13-14)11-5(9)8(15)12-7/h3H,1-2H3,(H,12,15). The second kappa shape index (κ2) is 3.85. The first-order chi connectivity index (χ1) is 7.00. The first-order valence-electron chi connectivity index (χ1n) is 4.34. The van der Waals surface area contributed by atoms with Gasteiger partial charge in [-0.2, -0.15) is 5.10 Å². The summed E-state index contributed by atoms with van der Waals surface area (Å²) in [6.45, 7) is 4.01. The Bertz CT molecular complexity index is 574. The molecule has 2 aromatic rings. The van der Waals surface area contributed by atoms with Gasteiger partial charge in [0.15, 0.2) is 14.0 Å². The Morgan fingerprint density at radius 1 is 1.53 bits per heavy atom. The highest BCUT2D eigenvalue weighted by Gasteiger charge is 2.14. The lowest BCUT2D eigenvalue weighted by Crippen LogP contribution is -2.12. The molecule has 0 saturated heterocycles. The van der Waals surface area contributed by atoms with Crippen molar-refractivity contribution < 1.29 is 0 Å². The van der Waals surface area contributed by atoms with Crippen LogP contribution in [0, 0.1) is 3.70 Å². The number of aromatic nitrogens is 4. The Labute approximate surface area is 108 Å². The predicted octanol–water partition coefficient (Wildman–Crippen LogP) is 2.07. The van der Waals surface area contributed by atoms with Crippen LogP contribution in [-0.2, 0) is 0 Å². The monoisotopic (exact) mass is 382 g/mol. The summed E-state index contributed by atoms with van der Waals surface area (Å²) in [5.74, 6) is 0. The molecule has 15 heavy (non-hydrogen) atoms. The Morgan fingerprint density at radius 3 is 2.80 bits per heavy atom. The highest BCUT2D eigenvalue weighted by atomic mass is 127. The number of aromatic amines is 1. The van der Waals surface area contributed by atoms with Crippen LogP contribution in [0.4, 0.5) is 0 Å². The van der Waals surface area contributed by atoms with Gasteiger partial charge in [0.05, 0.1) is 0 Å². The van der Waals surface area contributed by atoms with Gasteiger partial charge in [-0.25, -0.2) is 9.67 Å². The Morgan fingerprint density at radius 2 is 2.20 bits per heavy atom. The zero-order chi connectivity index (χ0) is 11.2. The molecule has 0 atom stereocenters. The van der Waals surface area contributed by atoms with E-state index in [0.29, 0.717) is 5.65 Å². The van der Waals surface area contributed by atoms with Gasteiger partial charge in [-0.1, -0.05) is 0 Å². The largest absolute Gasteiger partial charge is 0.303 e. The molecule has 1 N–H and O–H groups in total. The van der Waals surface area contributed by atoms with Crippen molar-refractivity contribution >= 4 is 49.7 Å². The van der Waals surface area contributed by atoms with Gasteiger partial charge in [0.2, 0.25) is 0 Å². The van der Waals surface area contributed by atoms with Gasteiger partial charge < -0.3 is 4.98 Å². The zero-order valence-electron chi connectivity index (χ0n) is 8.08. The molecule has 0 amide bonds. The fraction of sp³-hybridized carbons (Fsp3) is 0.375. The van der Waals surface area contributed by atoms with E-state index >= 15 is 0 Å². The third-order valence-electron chi connectivity index (χ3n) is 1.96. The van der Waals surface area contributed by atoms with E-state index in [1.807, 2.05) is 13.8 Å². The molecule has 0 aliphatic carbocycles. The van der Waals surface area contributed by atoms with Crippen LogP contribution in [0.3, 0.4) is 0 Å². The molecule has 7 heteroatoms. The summed E-state index contributed by atoms with van der Waals surface area (Å²) in [5.41, 5.74) is 1.15. The second-order valence-electron chi connectivity index (χ2n) is 3.38. The zero-order valence-corrected chi connectivity index (χ0v) is 11.8. The van der Waals surface area contributed by atoms with Crippen LogP contribution in [0.2, 0.25) is 0 Å². The lowest BCUT2D eigenvalue weighted by Gasteiger charge is -2.05. The third-order valence-corrected chi connectivity index (χ3v) is 3.23. The highest BCUT2D eigenvalue weighted by Crippen LogP contribution is 2.19. The molecule has 5 nitrogen and oxygen atoms in total. The van der Waals surface area contributed by atoms with Gasteiger partial charge in [0, 0.05) is 6.04 Å². The van der Waals surface area contributed by atoms with Crippen LogP contribution < -0.4 is 5.56 Å². The fourth-order valence-corrected chi connectivity index (χ4v) is 2.18. The molecule has 0 unspecified atom stereocenters. The maximum absolute atomic E-state index is 11.4. The van der Waals surface area contributed by atoms with Crippen molar-refractivity contribution in [3.8, 4) is 0 Å². The number of nitrogens with one attached hydrogen (secondary N) is 1. The molecule has 0 aromatic carbocycles. The average Bonchev–Trinajstić information content (AvgIpc) is 2.45. The molecule has 0 aliphatic rings. The van der Waals surface area contributed by atoms with E-state index < -0.39 is 0 Å². The average molecular weight is 383 g/mol. The summed E-state index contributed by atoms with van der Waals surface area (Å²) < 4.78 is 2.84. The van der Waals surface area contributed by atoms with Gasteiger partial charge >= 0.3 is 0 Å². The number of fused-ring (bicyclic) bond motifs is 1. The Balaban J connectivity index is 2.88. The summed E-state index contributed by atoms with van der Waals surface area (Å²) in [5, 5.41) is 4.32. The Hall–Kier alpha value is -0.440. The van der Waals surface area contributed by atoms with Crippen molar-refractivity contribution in [2.24, 2.45) is 0 Å². The van der Waals surface area contributed by atoms with Crippen molar-refractivity contribution in [1.82, 2.24) is 19.7 Å². The summed E-state index contributed by atoms with van der Waals surface area (Å²) in [6, 6.07) is 0.189. The van der Waals surface area contributed by atoms with E-state index in [4.69, 9.17) is 0 Å². The first-order valence-corrected chi connectivity index (χ1v) is 6.21. The van der Waals surface area contributed by atoms with E-state index in [1.165, 1.54) is 0 Å². The number of nitrogens with zero attached hydrogens (tertiary/aromatic N) is 3. The molecule has 2 aromatic heterocycles. The van der Waals surface area contributed by atoms with E-state index in [9.17, 15) is 4.79 Å². The predicted molar refractivity (Wildman–Crippen MR) is 69.0 cm³/mol. The minimum absolute atomic E-state index is 0.189. The number of hydrogen-bond acceptors (Lipinski definition) is 3. The Kier molecular flexibility index (Phi) is 2.84. The molecule has 2 rings (SSSR count). The fourth-order valence-electron chi connectivity index (χ4n) is 1.30. The number of hydrogen-bond donors (Lipinski definition) is 1. The first kappa shape index (κ1) is 11.1. The third kappa shape index (κ3) is 1.82. The lowest BCUT2D eigenvalue weighted by molar-refractivity contribution is 0.542. The maximum Gasteiger partial charge on any atom is 0.282 e. The minimum Gasteiger partial charge on any atom is -0.303 e. The molecular formula is C8H8BrIN4O. The van der Waals surface area contributed by atoms with Crippen LogP contribution in [0.25, 0.3) is 11.2 Å². The molecule has 0 saturated carbocycles. The van der Waals surface area contributed by atoms with E-state index in [-0.39, 0.29) is 16.2 Å². The minimum atomic E-state index is -0.235. The topological polar surface area (TPSA) is 63.6 Å². The van der Waals surface area contributed by atoms with Crippen molar-refractivity contribution in [1.29, 1.82) is 0 Å². The van der Waals surface area contributed by atoms with Gasteiger partial charge in [-0.3, -0.25) is 4.79 Å². The molecule has 0 fully saturated rings. The normalized spacial score (nSPS) is 11.5. The van der Waals surface area contributed by atoms with Crippen molar-refractivity contribution in [2.75, 3.05) is 0 Å². The van der Waals surface area contributed by atoms with Crippen LogP contribution in [0.1, 0.15) is 19.9 Å². The van der Waals surface area contributed by atoms with Gasteiger partial charge in [0.25, 0.3) is 5.56 Å². The van der Waals surface area contributed by atoms with Crippen molar-refractivity contribution in [3.05, 3.63) is 18.7 Å². The summed E-state index contributed by atoms with van der Waals surface area (Å²) in [7, 11) is 0. The van der Waals surface area contributed by atoms with E-state index in [1.54, 1.807) is 4.68 Å². The van der Waals surface area contributed by atoms with E-state index in [2.05, 4.69) is 53.6 Å². The van der Waals surface area contributed by atoms with Crippen LogP contribution in [0.5, 0.6) is 0 Å². The highest BCUT2D eigenvalue weighted by molar-refractivity contribution is 14.1. The molecule has 80 valence electrons. The summed E-state index contributed by atoms with van der Waals surface area (Å²) in [4.78, 5) is 18.3. The molecule has 0 radical (unpaired) electrons. The van der Waals surface area contributed by atoms with Gasteiger partial charge in [0.1, 0.15) is 5.52 Å². The summed E-state index contributed by atoms with van der Waals surface area (Å²) >= 11 is 5.20. The number of halogens is 2. The molecule has 0 spiro atoms. The van der Waals surface area contributed by atoms with E-state index in [0.717, 1.165) is 9.22 Å². The number of H-pyrrole nitrogens is 1. The molecular weight excluding hydrogens is 375 g/mol.